The largest absolute Gasteiger partial charge is 0.382 e. The van der Waals surface area contributed by atoms with Crippen molar-refractivity contribution >= 4 is 16.7 Å². The van der Waals surface area contributed by atoms with E-state index in [-0.39, 0.29) is 0 Å². The van der Waals surface area contributed by atoms with Gasteiger partial charge in [-0.05, 0) is 13.3 Å². The minimum Gasteiger partial charge on any atom is -0.382 e. The second kappa shape index (κ2) is 6.73. The van der Waals surface area contributed by atoms with Crippen LogP contribution in [0.25, 0.3) is 0 Å². The van der Waals surface area contributed by atoms with Crippen LogP contribution in [-0.2, 0) is 11.2 Å². The normalized spacial score (nSPS) is 10.4. The second-order valence-electron chi connectivity index (χ2n) is 2.85. The summed E-state index contributed by atoms with van der Waals surface area (Å²) in [7, 11) is 0. The SMILES string of the molecule is CCOCCCNc1nc(CC)ns1. The van der Waals surface area contributed by atoms with Gasteiger partial charge < -0.3 is 10.1 Å². The molecule has 0 saturated carbocycles. The highest BCUT2D eigenvalue weighted by Crippen LogP contribution is 2.10. The Kier molecular flexibility index (Phi) is 5.47. The molecule has 1 N–H and O–H groups in total. The molecule has 0 amide bonds. The fourth-order valence-electron chi connectivity index (χ4n) is 0.983. The molecule has 1 aromatic heterocycles. The first-order valence-corrected chi connectivity index (χ1v) is 5.78. The predicted molar refractivity (Wildman–Crippen MR) is 58.9 cm³/mol. The maximum Gasteiger partial charge on any atom is 0.202 e. The summed E-state index contributed by atoms with van der Waals surface area (Å²) in [5.74, 6) is 0.919. The van der Waals surface area contributed by atoms with Gasteiger partial charge in [0.15, 0.2) is 0 Å². The number of hydrogen-bond donors (Lipinski definition) is 1. The third-order valence-electron chi connectivity index (χ3n) is 1.73. The number of ether oxygens (including phenoxy) is 1. The smallest absolute Gasteiger partial charge is 0.202 e. The van der Waals surface area contributed by atoms with Crippen molar-refractivity contribution in [2.45, 2.75) is 26.7 Å². The third-order valence-corrected chi connectivity index (χ3v) is 2.44. The van der Waals surface area contributed by atoms with E-state index in [0.717, 1.165) is 43.6 Å². The number of hydrogen-bond acceptors (Lipinski definition) is 5. The Morgan fingerprint density at radius 1 is 1.43 bits per heavy atom. The fraction of sp³-hybridized carbons (Fsp3) is 0.778. The van der Waals surface area contributed by atoms with E-state index in [1.807, 2.05) is 6.92 Å². The Morgan fingerprint density at radius 3 is 2.93 bits per heavy atom. The van der Waals surface area contributed by atoms with Crippen LogP contribution >= 0.6 is 11.5 Å². The highest BCUT2D eigenvalue weighted by molar-refractivity contribution is 7.09. The van der Waals surface area contributed by atoms with Crippen LogP contribution in [0.4, 0.5) is 5.13 Å². The van der Waals surface area contributed by atoms with Crippen molar-refractivity contribution in [3.05, 3.63) is 5.82 Å². The van der Waals surface area contributed by atoms with Gasteiger partial charge in [-0.25, -0.2) is 4.98 Å². The molecule has 0 aromatic carbocycles. The van der Waals surface area contributed by atoms with Crippen LogP contribution in [-0.4, -0.2) is 29.1 Å². The van der Waals surface area contributed by atoms with Gasteiger partial charge in [-0.1, -0.05) is 6.92 Å². The maximum atomic E-state index is 5.23. The number of nitrogens with zero attached hydrogens (tertiary/aromatic N) is 2. The first kappa shape index (κ1) is 11.4. The van der Waals surface area contributed by atoms with Gasteiger partial charge in [0.1, 0.15) is 5.82 Å². The van der Waals surface area contributed by atoms with E-state index in [1.165, 1.54) is 11.5 Å². The van der Waals surface area contributed by atoms with Crippen molar-refractivity contribution in [2.75, 3.05) is 25.1 Å². The van der Waals surface area contributed by atoms with Gasteiger partial charge in [0.25, 0.3) is 0 Å². The van der Waals surface area contributed by atoms with Crippen LogP contribution in [0.1, 0.15) is 26.1 Å². The molecule has 0 spiro atoms. The highest BCUT2D eigenvalue weighted by atomic mass is 32.1. The summed E-state index contributed by atoms with van der Waals surface area (Å²) in [6.45, 7) is 6.56. The Hall–Kier alpha value is -0.680. The van der Waals surface area contributed by atoms with Crippen molar-refractivity contribution in [1.82, 2.24) is 9.36 Å². The molecule has 14 heavy (non-hydrogen) atoms. The molecule has 80 valence electrons. The first-order valence-electron chi connectivity index (χ1n) is 5.01. The Bertz CT molecular complexity index is 252. The standard InChI is InChI=1S/C9H17N3OS/c1-3-8-11-9(14-12-8)10-6-5-7-13-4-2/h3-7H2,1-2H3,(H,10,11,12). The summed E-state index contributed by atoms with van der Waals surface area (Å²) in [4.78, 5) is 4.30. The summed E-state index contributed by atoms with van der Waals surface area (Å²) in [6.07, 6.45) is 1.91. The van der Waals surface area contributed by atoms with Gasteiger partial charge in [0, 0.05) is 37.7 Å². The molecule has 0 unspecified atom stereocenters. The monoisotopic (exact) mass is 215 g/mol. The van der Waals surface area contributed by atoms with Crippen LogP contribution in [0.2, 0.25) is 0 Å². The molecule has 0 radical (unpaired) electrons. The zero-order valence-electron chi connectivity index (χ0n) is 8.75. The predicted octanol–water partition coefficient (Wildman–Crippen LogP) is 1.94. The number of aromatic nitrogens is 2. The van der Waals surface area contributed by atoms with E-state index in [4.69, 9.17) is 4.74 Å². The van der Waals surface area contributed by atoms with Crippen LogP contribution in [0.3, 0.4) is 0 Å². The average molecular weight is 215 g/mol. The number of aryl methyl sites for hydroxylation is 1. The lowest BCUT2D eigenvalue weighted by Gasteiger charge is -2.01. The Balaban J connectivity index is 2.12. The van der Waals surface area contributed by atoms with Gasteiger partial charge in [0.05, 0.1) is 0 Å². The Labute approximate surface area is 88.9 Å². The lowest BCUT2D eigenvalue weighted by molar-refractivity contribution is 0.147. The third kappa shape index (κ3) is 4.02. The Morgan fingerprint density at radius 2 is 2.29 bits per heavy atom. The van der Waals surface area contributed by atoms with Crippen LogP contribution in [0.5, 0.6) is 0 Å². The maximum absolute atomic E-state index is 5.23. The molecule has 4 nitrogen and oxygen atoms in total. The average Bonchev–Trinajstić information content (AvgIpc) is 2.65. The first-order chi connectivity index (χ1) is 6.86. The van der Waals surface area contributed by atoms with Crippen LogP contribution in [0, 0.1) is 0 Å². The van der Waals surface area contributed by atoms with E-state index >= 15 is 0 Å². The van der Waals surface area contributed by atoms with Crippen LogP contribution < -0.4 is 5.32 Å². The van der Waals surface area contributed by atoms with Gasteiger partial charge in [0.2, 0.25) is 5.13 Å². The molecule has 5 heteroatoms. The zero-order chi connectivity index (χ0) is 10.2. The molecule has 0 saturated heterocycles. The van der Waals surface area contributed by atoms with Crippen LogP contribution in [0.15, 0.2) is 0 Å². The minimum absolute atomic E-state index is 0.790. The van der Waals surface area contributed by atoms with E-state index in [1.54, 1.807) is 0 Å². The number of nitrogens with one attached hydrogen (secondary N) is 1. The van der Waals surface area contributed by atoms with Gasteiger partial charge >= 0.3 is 0 Å². The molecular formula is C9H17N3OS. The van der Waals surface area contributed by atoms with Crippen molar-refractivity contribution in [3.8, 4) is 0 Å². The molecule has 0 bridgehead atoms. The highest BCUT2D eigenvalue weighted by Gasteiger charge is 1.99. The zero-order valence-corrected chi connectivity index (χ0v) is 9.56. The van der Waals surface area contributed by atoms with E-state index in [2.05, 4.69) is 21.6 Å². The van der Waals surface area contributed by atoms with Crippen molar-refractivity contribution in [1.29, 1.82) is 0 Å². The minimum atomic E-state index is 0.790. The lowest BCUT2D eigenvalue weighted by atomic mass is 10.4. The summed E-state index contributed by atoms with van der Waals surface area (Å²) in [5, 5.41) is 4.14. The molecule has 0 aliphatic heterocycles. The van der Waals surface area contributed by atoms with E-state index in [9.17, 15) is 0 Å². The summed E-state index contributed by atoms with van der Waals surface area (Å²) < 4.78 is 9.41. The molecule has 1 aromatic rings. The molecular weight excluding hydrogens is 198 g/mol. The van der Waals surface area contributed by atoms with Gasteiger partial charge in [-0.2, -0.15) is 4.37 Å². The van der Waals surface area contributed by atoms with E-state index in [0.29, 0.717) is 0 Å². The summed E-state index contributed by atoms with van der Waals surface area (Å²) >= 11 is 1.42. The van der Waals surface area contributed by atoms with E-state index < -0.39 is 0 Å². The van der Waals surface area contributed by atoms with Crippen molar-refractivity contribution in [3.63, 3.8) is 0 Å². The molecule has 0 aliphatic carbocycles. The molecule has 1 heterocycles. The second-order valence-corrected chi connectivity index (χ2v) is 3.60. The number of anilines is 1. The van der Waals surface area contributed by atoms with Gasteiger partial charge in [-0.3, -0.25) is 0 Å². The quantitative estimate of drug-likeness (QED) is 0.706. The molecule has 0 atom stereocenters. The molecule has 0 fully saturated rings. The molecule has 0 aliphatic rings. The fourth-order valence-corrected chi connectivity index (χ4v) is 1.66. The van der Waals surface area contributed by atoms with Gasteiger partial charge in [-0.15, -0.1) is 0 Å². The van der Waals surface area contributed by atoms with Crippen molar-refractivity contribution < 1.29 is 4.74 Å². The summed E-state index contributed by atoms with van der Waals surface area (Å²) in [5.41, 5.74) is 0. The number of rotatable bonds is 7. The summed E-state index contributed by atoms with van der Waals surface area (Å²) in [6, 6.07) is 0. The topological polar surface area (TPSA) is 47.0 Å². The molecule has 1 rings (SSSR count). The lowest BCUT2D eigenvalue weighted by Crippen LogP contribution is -2.05. The van der Waals surface area contributed by atoms with Crippen molar-refractivity contribution in [2.24, 2.45) is 0 Å².